The SMILES string of the molecule is CCCCCCCc1nncs1. The molecule has 0 saturated carbocycles. The van der Waals surface area contributed by atoms with Crippen LogP contribution in [0.5, 0.6) is 0 Å². The van der Waals surface area contributed by atoms with Crippen LogP contribution in [-0.2, 0) is 6.42 Å². The van der Waals surface area contributed by atoms with E-state index in [-0.39, 0.29) is 0 Å². The lowest BCUT2D eigenvalue weighted by Gasteiger charge is -1.96. The molecule has 2 nitrogen and oxygen atoms in total. The fourth-order valence-electron chi connectivity index (χ4n) is 1.18. The summed E-state index contributed by atoms with van der Waals surface area (Å²) in [6.45, 7) is 2.24. The highest BCUT2D eigenvalue weighted by molar-refractivity contribution is 7.09. The van der Waals surface area contributed by atoms with E-state index in [1.165, 1.54) is 37.1 Å². The van der Waals surface area contributed by atoms with Crippen molar-refractivity contribution < 1.29 is 0 Å². The lowest BCUT2D eigenvalue weighted by Crippen LogP contribution is -1.84. The van der Waals surface area contributed by atoms with E-state index in [0.29, 0.717) is 0 Å². The lowest BCUT2D eigenvalue weighted by molar-refractivity contribution is 0.630. The number of aromatic nitrogens is 2. The van der Waals surface area contributed by atoms with Gasteiger partial charge in [-0.15, -0.1) is 21.5 Å². The van der Waals surface area contributed by atoms with Gasteiger partial charge >= 0.3 is 0 Å². The zero-order valence-electron chi connectivity index (χ0n) is 7.62. The van der Waals surface area contributed by atoms with E-state index in [0.717, 1.165) is 6.42 Å². The average molecular weight is 184 g/mol. The molecular formula is C9H16N2S. The maximum absolute atomic E-state index is 4.00. The van der Waals surface area contributed by atoms with Gasteiger partial charge in [-0.1, -0.05) is 32.6 Å². The Balaban J connectivity index is 1.96. The molecule has 0 aromatic carbocycles. The van der Waals surface area contributed by atoms with Gasteiger partial charge in [-0.3, -0.25) is 0 Å². The van der Waals surface area contributed by atoms with E-state index in [4.69, 9.17) is 0 Å². The van der Waals surface area contributed by atoms with Gasteiger partial charge < -0.3 is 0 Å². The van der Waals surface area contributed by atoms with Crippen molar-refractivity contribution in [3.8, 4) is 0 Å². The second-order valence-corrected chi connectivity index (χ2v) is 3.91. The Morgan fingerprint density at radius 1 is 1.25 bits per heavy atom. The van der Waals surface area contributed by atoms with Crippen LogP contribution < -0.4 is 0 Å². The summed E-state index contributed by atoms with van der Waals surface area (Å²) >= 11 is 1.66. The van der Waals surface area contributed by atoms with Gasteiger partial charge in [0.2, 0.25) is 0 Å². The first-order valence-corrected chi connectivity index (χ1v) is 5.56. The Hall–Kier alpha value is -0.440. The Morgan fingerprint density at radius 3 is 2.75 bits per heavy atom. The zero-order chi connectivity index (χ0) is 8.65. The second kappa shape index (κ2) is 6.12. The fourth-order valence-corrected chi connectivity index (χ4v) is 1.76. The van der Waals surface area contributed by atoms with Crippen molar-refractivity contribution in [2.75, 3.05) is 0 Å². The van der Waals surface area contributed by atoms with Gasteiger partial charge in [0, 0.05) is 6.42 Å². The number of rotatable bonds is 6. The normalized spacial score (nSPS) is 10.4. The molecule has 0 bridgehead atoms. The van der Waals surface area contributed by atoms with Gasteiger partial charge in [-0.05, 0) is 6.42 Å². The fraction of sp³-hybridized carbons (Fsp3) is 0.778. The van der Waals surface area contributed by atoms with Crippen LogP contribution in [0.15, 0.2) is 5.51 Å². The number of nitrogens with zero attached hydrogens (tertiary/aromatic N) is 2. The molecule has 0 spiro atoms. The largest absolute Gasteiger partial charge is 0.147 e. The molecule has 0 amide bonds. The predicted molar refractivity (Wildman–Crippen MR) is 52.4 cm³/mol. The third-order valence-corrected chi connectivity index (χ3v) is 2.66. The molecule has 0 aliphatic carbocycles. The third-order valence-electron chi connectivity index (χ3n) is 1.90. The van der Waals surface area contributed by atoms with E-state index in [1.54, 1.807) is 16.8 Å². The van der Waals surface area contributed by atoms with Crippen LogP contribution in [0.25, 0.3) is 0 Å². The van der Waals surface area contributed by atoms with Crippen LogP contribution in [0.4, 0.5) is 0 Å². The molecule has 1 rings (SSSR count). The molecule has 0 radical (unpaired) electrons. The highest BCUT2D eigenvalue weighted by Gasteiger charge is 1.95. The van der Waals surface area contributed by atoms with Gasteiger partial charge in [-0.25, -0.2) is 0 Å². The Kier molecular flexibility index (Phi) is 4.92. The van der Waals surface area contributed by atoms with Gasteiger partial charge in [0.15, 0.2) is 0 Å². The Morgan fingerprint density at radius 2 is 2.08 bits per heavy atom. The topological polar surface area (TPSA) is 25.8 Å². The summed E-state index contributed by atoms with van der Waals surface area (Å²) in [7, 11) is 0. The van der Waals surface area contributed by atoms with Crippen LogP contribution in [0.1, 0.15) is 44.0 Å². The average Bonchev–Trinajstić information content (AvgIpc) is 2.57. The maximum atomic E-state index is 4.00. The molecule has 0 aliphatic rings. The summed E-state index contributed by atoms with van der Waals surface area (Å²) in [4.78, 5) is 0. The molecule has 0 unspecified atom stereocenters. The molecule has 12 heavy (non-hydrogen) atoms. The molecule has 0 aliphatic heterocycles. The molecule has 68 valence electrons. The van der Waals surface area contributed by atoms with Crippen molar-refractivity contribution in [1.29, 1.82) is 0 Å². The molecule has 0 atom stereocenters. The van der Waals surface area contributed by atoms with Gasteiger partial charge in [-0.2, -0.15) is 0 Å². The summed E-state index contributed by atoms with van der Waals surface area (Å²) < 4.78 is 0. The lowest BCUT2D eigenvalue weighted by atomic mass is 10.1. The summed E-state index contributed by atoms with van der Waals surface area (Å²) in [5.41, 5.74) is 1.81. The molecule has 0 saturated heterocycles. The molecule has 0 N–H and O–H groups in total. The van der Waals surface area contributed by atoms with Crippen LogP contribution in [-0.4, -0.2) is 10.2 Å². The Labute approximate surface area is 78.0 Å². The smallest absolute Gasteiger partial charge is 0.117 e. The molecule has 0 fully saturated rings. The number of aryl methyl sites for hydroxylation is 1. The third kappa shape index (κ3) is 3.81. The van der Waals surface area contributed by atoms with E-state index >= 15 is 0 Å². The van der Waals surface area contributed by atoms with E-state index in [9.17, 15) is 0 Å². The molecule has 1 aromatic heterocycles. The minimum absolute atomic E-state index is 1.12. The van der Waals surface area contributed by atoms with Crippen molar-refractivity contribution in [3.05, 3.63) is 10.5 Å². The minimum atomic E-state index is 1.12. The number of hydrogen-bond donors (Lipinski definition) is 0. The monoisotopic (exact) mass is 184 g/mol. The molecule has 3 heteroatoms. The van der Waals surface area contributed by atoms with Crippen molar-refractivity contribution in [2.24, 2.45) is 0 Å². The minimum Gasteiger partial charge on any atom is -0.147 e. The maximum Gasteiger partial charge on any atom is 0.117 e. The summed E-state index contributed by atoms with van der Waals surface area (Å²) in [5, 5.41) is 8.99. The van der Waals surface area contributed by atoms with Crippen LogP contribution in [0.2, 0.25) is 0 Å². The van der Waals surface area contributed by atoms with Gasteiger partial charge in [0.1, 0.15) is 10.5 Å². The first-order valence-electron chi connectivity index (χ1n) is 4.68. The number of hydrogen-bond acceptors (Lipinski definition) is 3. The van der Waals surface area contributed by atoms with Crippen LogP contribution in [0, 0.1) is 0 Å². The van der Waals surface area contributed by atoms with Crippen molar-refractivity contribution in [2.45, 2.75) is 45.4 Å². The Bertz CT molecular complexity index is 184. The van der Waals surface area contributed by atoms with Crippen molar-refractivity contribution in [1.82, 2.24) is 10.2 Å². The summed E-state index contributed by atoms with van der Waals surface area (Å²) in [6, 6.07) is 0. The van der Waals surface area contributed by atoms with Crippen molar-refractivity contribution >= 4 is 11.3 Å². The molecular weight excluding hydrogens is 168 g/mol. The van der Waals surface area contributed by atoms with Gasteiger partial charge in [0.25, 0.3) is 0 Å². The molecule has 1 aromatic rings. The summed E-state index contributed by atoms with van der Waals surface area (Å²) in [6.07, 6.45) is 7.79. The first-order chi connectivity index (χ1) is 5.93. The standard InChI is InChI=1S/C9H16N2S/c1-2-3-4-5-6-7-9-11-10-8-12-9/h8H,2-7H2,1H3. The quantitative estimate of drug-likeness (QED) is 0.635. The zero-order valence-corrected chi connectivity index (χ0v) is 8.44. The van der Waals surface area contributed by atoms with E-state index in [1.807, 2.05) is 0 Å². The number of unbranched alkanes of at least 4 members (excludes halogenated alkanes) is 4. The predicted octanol–water partition coefficient (Wildman–Crippen LogP) is 3.05. The van der Waals surface area contributed by atoms with Crippen molar-refractivity contribution in [3.63, 3.8) is 0 Å². The second-order valence-electron chi connectivity index (χ2n) is 3.00. The highest BCUT2D eigenvalue weighted by atomic mass is 32.1. The first kappa shape index (κ1) is 9.65. The van der Waals surface area contributed by atoms with Gasteiger partial charge in [0.05, 0.1) is 0 Å². The summed E-state index contributed by atoms with van der Waals surface area (Å²) in [5.74, 6) is 0. The van der Waals surface area contributed by atoms with Crippen LogP contribution in [0.3, 0.4) is 0 Å². The van der Waals surface area contributed by atoms with E-state index in [2.05, 4.69) is 17.1 Å². The van der Waals surface area contributed by atoms with Crippen LogP contribution >= 0.6 is 11.3 Å². The molecule has 1 heterocycles. The highest BCUT2D eigenvalue weighted by Crippen LogP contribution is 2.09. The van der Waals surface area contributed by atoms with E-state index < -0.39 is 0 Å².